The van der Waals surface area contributed by atoms with Gasteiger partial charge in [0.1, 0.15) is 5.75 Å². The molecule has 0 unspecified atom stereocenters. The molecule has 1 N–H and O–H groups in total. The van der Waals surface area contributed by atoms with E-state index in [1.165, 1.54) is 6.42 Å². The van der Waals surface area contributed by atoms with Gasteiger partial charge in [0.15, 0.2) is 0 Å². The molecule has 3 atom stereocenters. The molecule has 0 aromatic heterocycles. The molecule has 0 spiro atoms. The topological polar surface area (TPSA) is 49.8 Å². The fraction of sp³-hybridized carbons (Fsp3) is 0.632. The van der Waals surface area contributed by atoms with E-state index < -0.39 is 0 Å². The first-order valence-electron chi connectivity index (χ1n) is 8.79. The molecule has 4 nitrogen and oxygen atoms in total. The van der Waals surface area contributed by atoms with Crippen LogP contribution in [0, 0.1) is 5.92 Å². The number of carbonyl (C=O) groups excluding carboxylic acids is 1. The van der Waals surface area contributed by atoms with Gasteiger partial charge in [-0.3, -0.25) is 4.79 Å². The maximum absolute atomic E-state index is 12.7. The van der Waals surface area contributed by atoms with Crippen molar-refractivity contribution in [2.75, 3.05) is 13.7 Å². The van der Waals surface area contributed by atoms with Crippen molar-refractivity contribution in [3.05, 3.63) is 29.8 Å². The maximum atomic E-state index is 12.7. The van der Waals surface area contributed by atoms with Crippen LogP contribution in [-0.2, 0) is 11.2 Å². The minimum Gasteiger partial charge on any atom is -0.497 e. The Balaban J connectivity index is 1.65. The van der Waals surface area contributed by atoms with Crippen LogP contribution in [0.1, 0.15) is 44.1 Å². The molecule has 2 fully saturated rings. The van der Waals surface area contributed by atoms with Crippen molar-refractivity contribution in [1.29, 1.82) is 0 Å². The monoisotopic (exact) mass is 317 g/mol. The number of amides is 1. The summed E-state index contributed by atoms with van der Waals surface area (Å²) in [4.78, 5) is 14.8. The second-order valence-corrected chi connectivity index (χ2v) is 6.84. The summed E-state index contributed by atoms with van der Waals surface area (Å²) in [7, 11) is 1.64. The predicted octanol–water partition coefficient (Wildman–Crippen LogP) is 2.78. The van der Waals surface area contributed by atoms with Crippen LogP contribution in [0.25, 0.3) is 0 Å². The van der Waals surface area contributed by atoms with Gasteiger partial charge in [0.05, 0.1) is 19.6 Å². The maximum Gasteiger partial charge on any atom is 0.227 e. The molecule has 1 amide bonds. The van der Waals surface area contributed by atoms with Gasteiger partial charge in [0, 0.05) is 18.5 Å². The van der Waals surface area contributed by atoms with E-state index in [-0.39, 0.29) is 24.0 Å². The number of hydrogen-bond donors (Lipinski definition) is 1. The Hall–Kier alpha value is -1.55. The molecule has 1 saturated heterocycles. The summed E-state index contributed by atoms with van der Waals surface area (Å²) in [5.41, 5.74) is 1.02. The number of hydrogen-bond acceptors (Lipinski definition) is 3. The Morgan fingerprint density at radius 2 is 1.91 bits per heavy atom. The van der Waals surface area contributed by atoms with Crippen LogP contribution in [0.3, 0.4) is 0 Å². The van der Waals surface area contributed by atoms with Gasteiger partial charge in [-0.05, 0) is 43.4 Å². The molecule has 0 bridgehead atoms. The second kappa shape index (κ2) is 7.35. The van der Waals surface area contributed by atoms with Gasteiger partial charge >= 0.3 is 0 Å². The van der Waals surface area contributed by atoms with Gasteiger partial charge in [-0.15, -0.1) is 0 Å². The zero-order valence-corrected chi connectivity index (χ0v) is 13.9. The molecule has 23 heavy (non-hydrogen) atoms. The Labute approximate surface area is 138 Å². The molecule has 1 aromatic carbocycles. The van der Waals surface area contributed by atoms with E-state index in [1.807, 2.05) is 29.2 Å². The number of carbonyl (C=O) groups is 1. The van der Waals surface area contributed by atoms with Crippen LogP contribution >= 0.6 is 0 Å². The standard InChI is InChI=1S/C19H27NO3/c1-23-15-10-8-14(9-11-15)13-19(22)20-12-4-6-17(20)16-5-2-3-7-18(16)21/h8-11,16-18,21H,2-7,12-13H2,1H3/t16-,17-,18+/m1/s1. The number of methoxy groups -OCH3 is 1. The lowest BCUT2D eigenvalue weighted by Crippen LogP contribution is -2.45. The van der Waals surface area contributed by atoms with Gasteiger partial charge in [0.25, 0.3) is 0 Å². The Morgan fingerprint density at radius 1 is 1.17 bits per heavy atom. The first-order chi connectivity index (χ1) is 11.2. The van der Waals surface area contributed by atoms with Crippen LogP contribution in [0.2, 0.25) is 0 Å². The first kappa shape index (κ1) is 16.3. The van der Waals surface area contributed by atoms with Crippen LogP contribution in [-0.4, -0.2) is 41.7 Å². The highest BCUT2D eigenvalue weighted by Gasteiger charge is 2.38. The number of likely N-dealkylation sites (tertiary alicyclic amines) is 1. The van der Waals surface area contributed by atoms with Gasteiger partial charge in [-0.2, -0.15) is 0 Å². The van der Waals surface area contributed by atoms with Gasteiger partial charge < -0.3 is 14.7 Å². The molecule has 3 rings (SSSR count). The van der Waals surface area contributed by atoms with E-state index in [0.29, 0.717) is 6.42 Å². The number of benzene rings is 1. The van der Waals surface area contributed by atoms with Crippen molar-refractivity contribution in [3.8, 4) is 5.75 Å². The summed E-state index contributed by atoms with van der Waals surface area (Å²) in [6, 6.07) is 7.94. The molecule has 0 radical (unpaired) electrons. The summed E-state index contributed by atoms with van der Waals surface area (Å²) in [6.45, 7) is 0.836. The van der Waals surface area contributed by atoms with E-state index in [0.717, 1.165) is 50.0 Å². The molecule has 126 valence electrons. The third-order valence-electron chi connectivity index (χ3n) is 5.41. The summed E-state index contributed by atoms with van der Waals surface area (Å²) in [5.74, 6) is 1.27. The third kappa shape index (κ3) is 3.69. The number of aliphatic hydroxyl groups is 1. The summed E-state index contributed by atoms with van der Waals surface area (Å²) in [5, 5.41) is 10.3. The summed E-state index contributed by atoms with van der Waals surface area (Å²) in [6.07, 6.45) is 6.54. The summed E-state index contributed by atoms with van der Waals surface area (Å²) >= 11 is 0. The Bertz CT molecular complexity index is 528. The molecule has 1 heterocycles. The molecule has 1 aliphatic carbocycles. The lowest BCUT2D eigenvalue weighted by Gasteiger charge is -2.37. The highest BCUT2D eigenvalue weighted by atomic mass is 16.5. The third-order valence-corrected chi connectivity index (χ3v) is 5.41. The summed E-state index contributed by atoms with van der Waals surface area (Å²) < 4.78 is 5.16. The zero-order chi connectivity index (χ0) is 16.2. The predicted molar refractivity (Wildman–Crippen MR) is 89.4 cm³/mol. The van der Waals surface area contributed by atoms with E-state index in [9.17, 15) is 9.90 Å². The van der Waals surface area contributed by atoms with Gasteiger partial charge in [-0.1, -0.05) is 25.0 Å². The highest BCUT2D eigenvalue weighted by Crippen LogP contribution is 2.35. The van der Waals surface area contributed by atoms with Crippen molar-refractivity contribution in [1.82, 2.24) is 4.90 Å². The van der Waals surface area contributed by atoms with Gasteiger partial charge in [0.2, 0.25) is 5.91 Å². The molecular weight excluding hydrogens is 290 g/mol. The van der Waals surface area contributed by atoms with Crippen LogP contribution in [0.4, 0.5) is 0 Å². The molecular formula is C19H27NO3. The number of aliphatic hydroxyl groups excluding tert-OH is 1. The SMILES string of the molecule is COc1ccc(CC(=O)N2CCC[C@@H]2[C@H]2CCCC[C@@H]2O)cc1. The molecule has 1 aliphatic heterocycles. The fourth-order valence-corrected chi connectivity index (χ4v) is 4.16. The smallest absolute Gasteiger partial charge is 0.227 e. The number of nitrogens with zero attached hydrogens (tertiary/aromatic N) is 1. The highest BCUT2D eigenvalue weighted by molar-refractivity contribution is 5.79. The lowest BCUT2D eigenvalue weighted by atomic mass is 9.80. The molecule has 1 aromatic rings. The van der Waals surface area contributed by atoms with Crippen LogP contribution < -0.4 is 4.74 Å². The average Bonchev–Trinajstić information content (AvgIpc) is 3.05. The lowest BCUT2D eigenvalue weighted by molar-refractivity contribution is -0.133. The van der Waals surface area contributed by atoms with Crippen LogP contribution in [0.15, 0.2) is 24.3 Å². The van der Waals surface area contributed by atoms with Crippen molar-refractivity contribution < 1.29 is 14.6 Å². The van der Waals surface area contributed by atoms with Crippen LogP contribution in [0.5, 0.6) is 5.75 Å². The minimum atomic E-state index is -0.233. The Morgan fingerprint density at radius 3 is 2.61 bits per heavy atom. The molecule has 4 heteroatoms. The molecule has 1 saturated carbocycles. The number of rotatable bonds is 4. The first-order valence-corrected chi connectivity index (χ1v) is 8.79. The van der Waals surface area contributed by atoms with Crippen molar-refractivity contribution >= 4 is 5.91 Å². The average molecular weight is 317 g/mol. The quantitative estimate of drug-likeness (QED) is 0.929. The van der Waals surface area contributed by atoms with E-state index in [4.69, 9.17) is 4.74 Å². The van der Waals surface area contributed by atoms with Gasteiger partial charge in [-0.25, -0.2) is 0 Å². The van der Waals surface area contributed by atoms with Crippen molar-refractivity contribution in [2.24, 2.45) is 5.92 Å². The second-order valence-electron chi connectivity index (χ2n) is 6.84. The Kier molecular flexibility index (Phi) is 5.21. The van der Waals surface area contributed by atoms with E-state index in [1.54, 1.807) is 7.11 Å². The largest absolute Gasteiger partial charge is 0.497 e. The minimum absolute atomic E-state index is 0.190. The van der Waals surface area contributed by atoms with Crippen molar-refractivity contribution in [2.45, 2.75) is 57.1 Å². The van der Waals surface area contributed by atoms with E-state index in [2.05, 4.69) is 0 Å². The van der Waals surface area contributed by atoms with Crippen molar-refractivity contribution in [3.63, 3.8) is 0 Å². The molecule has 2 aliphatic rings. The zero-order valence-electron chi connectivity index (χ0n) is 13.9. The van der Waals surface area contributed by atoms with E-state index >= 15 is 0 Å². The normalized spacial score (nSPS) is 27.9. The number of ether oxygens (including phenoxy) is 1. The fourth-order valence-electron chi connectivity index (χ4n) is 4.16.